The van der Waals surface area contributed by atoms with E-state index in [-0.39, 0.29) is 5.91 Å². The van der Waals surface area contributed by atoms with Crippen LogP contribution in [-0.2, 0) is 11.3 Å². The molecule has 1 aromatic heterocycles. The largest absolute Gasteiger partial charge is 0.347 e. The maximum Gasteiger partial charge on any atom is 0.241 e. The highest BCUT2D eigenvalue weighted by atomic mass is 16.2. The summed E-state index contributed by atoms with van der Waals surface area (Å²) in [5, 5.41) is 0. The van der Waals surface area contributed by atoms with E-state index in [9.17, 15) is 4.79 Å². The molecule has 18 heavy (non-hydrogen) atoms. The van der Waals surface area contributed by atoms with Gasteiger partial charge in [0.2, 0.25) is 5.91 Å². The third-order valence-corrected chi connectivity index (χ3v) is 2.71. The van der Waals surface area contributed by atoms with Crippen LogP contribution in [-0.4, -0.2) is 43.0 Å². The van der Waals surface area contributed by atoms with Crippen LogP contribution in [0.4, 0.5) is 5.82 Å². The van der Waals surface area contributed by atoms with Gasteiger partial charge in [0.1, 0.15) is 5.82 Å². The number of rotatable bonds is 6. The summed E-state index contributed by atoms with van der Waals surface area (Å²) >= 11 is 0. The molecule has 0 aromatic carbocycles. The predicted molar refractivity (Wildman–Crippen MR) is 73.3 cm³/mol. The average Bonchev–Trinajstić information content (AvgIpc) is 2.38. The fourth-order valence-corrected chi connectivity index (χ4v) is 1.71. The predicted octanol–water partition coefficient (Wildman–Crippen LogP) is 0.845. The molecule has 0 saturated carbocycles. The van der Waals surface area contributed by atoms with Crippen LogP contribution in [0.25, 0.3) is 0 Å². The molecule has 0 unspecified atom stereocenters. The van der Waals surface area contributed by atoms with Crippen molar-refractivity contribution in [1.29, 1.82) is 0 Å². The Morgan fingerprint density at radius 3 is 2.72 bits per heavy atom. The first-order valence-electron chi connectivity index (χ1n) is 6.19. The number of anilines is 1. The van der Waals surface area contributed by atoms with Crippen LogP contribution in [0.5, 0.6) is 0 Å². The lowest BCUT2D eigenvalue weighted by molar-refractivity contribution is -0.127. The number of hydrogen-bond donors (Lipinski definition) is 1. The van der Waals surface area contributed by atoms with Gasteiger partial charge in [0.15, 0.2) is 0 Å². The van der Waals surface area contributed by atoms with Crippen molar-refractivity contribution in [2.45, 2.75) is 19.9 Å². The van der Waals surface area contributed by atoms with Crippen LogP contribution >= 0.6 is 0 Å². The van der Waals surface area contributed by atoms with E-state index in [2.05, 4.69) is 11.9 Å². The van der Waals surface area contributed by atoms with Crippen LogP contribution in [0, 0.1) is 0 Å². The van der Waals surface area contributed by atoms with E-state index < -0.39 is 0 Å². The van der Waals surface area contributed by atoms with Gasteiger partial charge in [0.25, 0.3) is 0 Å². The van der Waals surface area contributed by atoms with Gasteiger partial charge in [0.05, 0.1) is 6.54 Å². The average molecular weight is 250 g/mol. The summed E-state index contributed by atoms with van der Waals surface area (Å²) in [6.45, 7) is 3.65. The van der Waals surface area contributed by atoms with E-state index in [4.69, 9.17) is 5.73 Å². The van der Waals surface area contributed by atoms with Gasteiger partial charge in [-0.2, -0.15) is 0 Å². The van der Waals surface area contributed by atoms with Crippen molar-refractivity contribution >= 4 is 11.7 Å². The molecule has 5 heteroatoms. The number of carbonyl (C=O) groups is 1. The van der Waals surface area contributed by atoms with Gasteiger partial charge in [-0.05, 0) is 12.5 Å². The Hall–Kier alpha value is -1.62. The second kappa shape index (κ2) is 6.96. The van der Waals surface area contributed by atoms with Gasteiger partial charge in [-0.15, -0.1) is 0 Å². The first kappa shape index (κ1) is 14.4. The molecule has 0 aliphatic rings. The number of hydrogen-bond acceptors (Lipinski definition) is 4. The molecule has 100 valence electrons. The molecule has 0 spiro atoms. The van der Waals surface area contributed by atoms with Crippen molar-refractivity contribution in [3.05, 3.63) is 23.9 Å². The summed E-state index contributed by atoms with van der Waals surface area (Å²) in [7, 11) is 3.52. The molecule has 2 N–H and O–H groups in total. The Morgan fingerprint density at radius 1 is 1.44 bits per heavy atom. The number of likely N-dealkylation sites (N-methyl/N-ethyl adjacent to an activating group) is 1. The summed E-state index contributed by atoms with van der Waals surface area (Å²) in [6.07, 6.45) is 2.69. The van der Waals surface area contributed by atoms with Crippen LogP contribution in [0.15, 0.2) is 18.3 Å². The zero-order valence-electron chi connectivity index (χ0n) is 11.4. The summed E-state index contributed by atoms with van der Waals surface area (Å²) < 4.78 is 0. The number of amides is 1. The first-order valence-corrected chi connectivity index (χ1v) is 6.19. The molecule has 0 aliphatic heterocycles. The molecule has 1 amide bonds. The second-order valence-electron chi connectivity index (χ2n) is 4.40. The Morgan fingerprint density at radius 2 is 2.17 bits per heavy atom. The minimum Gasteiger partial charge on any atom is -0.347 e. The normalized spacial score (nSPS) is 10.2. The molecule has 1 rings (SSSR count). The molecule has 1 aromatic rings. The molecule has 0 bridgehead atoms. The second-order valence-corrected chi connectivity index (χ2v) is 4.40. The Kier molecular flexibility index (Phi) is 5.58. The highest BCUT2D eigenvalue weighted by molar-refractivity contribution is 5.80. The van der Waals surface area contributed by atoms with Crippen LogP contribution in [0.2, 0.25) is 0 Å². The van der Waals surface area contributed by atoms with Crippen LogP contribution in [0.1, 0.15) is 18.9 Å². The third kappa shape index (κ3) is 3.70. The van der Waals surface area contributed by atoms with E-state index in [1.807, 2.05) is 17.0 Å². The first-order chi connectivity index (χ1) is 8.60. The molecule has 0 saturated heterocycles. The van der Waals surface area contributed by atoms with Gasteiger partial charge >= 0.3 is 0 Å². The molecule has 0 radical (unpaired) electrons. The molecule has 1 heterocycles. The fourth-order valence-electron chi connectivity index (χ4n) is 1.71. The van der Waals surface area contributed by atoms with E-state index in [0.29, 0.717) is 13.1 Å². The van der Waals surface area contributed by atoms with Crippen molar-refractivity contribution < 1.29 is 4.79 Å². The van der Waals surface area contributed by atoms with Crippen molar-refractivity contribution in [3.8, 4) is 0 Å². The van der Waals surface area contributed by atoms with Crippen molar-refractivity contribution in [3.63, 3.8) is 0 Å². The maximum absolute atomic E-state index is 11.8. The quantitative estimate of drug-likeness (QED) is 0.813. The van der Waals surface area contributed by atoms with Gasteiger partial charge in [-0.3, -0.25) is 4.79 Å². The third-order valence-electron chi connectivity index (χ3n) is 2.71. The number of nitrogens with two attached hydrogens (primary N) is 1. The fraction of sp³-hybridized carbons (Fsp3) is 0.538. The SMILES string of the molecule is CCCN(CC(=O)N(C)C)c1ncccc1CN. The molecule has 5 nitrogen and oxygen atoms in total. The van der Waals surface area contributed by atoms with Crippen molar-refractivity contribution in [2.24, 2.45) is 5.73 Å². The zero-order chi connectivity index (χ0) is 13.5. The highest BCUT2D eigenvalue weighted by Crippen LogP contribution is 2.16. The lowest BCUT2D eigenvalue weighted by atomic mass is 10.2. The van der Waals surface area contributed by atoms with Crippen LogP contribution in [0.3, 0.4) is 0 Å². The van der Waals surface area contributed by atoms with Gasteiger partial charge in [-0.25, -0.2) is 4.98 Å². The molecular weight excluding hydrogens is 228 g/mol. The maximum atomic E-state index is 11.8. The summed E-state index contributed by atoms with van der Waals surface area (Å²) in [5.41, 5.74) is 6.68. The van der Waals surface area contributed by atoms with E-state index >= 15 is 0 Å². The van der Waals surface area contributed by atoms with E-state index in [1.165, 1.54) is 0 Å². The minimum absolute atomic E-state index is 0.0667. The van der Waals surface area contributed by atoms with E-state index in [0.717, 1.165) is 24.3 Å². The standard InChI is InChI=1S/C13H22N4O/c1-4-8-17(10-12(18)16(2)3)13-11(9-14)6-5-7-15-13/h5-7H,4,8-10,14H2,1-3H3. The Balaban J connectivity index is 2.93. The highest BCUT2D eigenvalue weighted by Gasteiger charge is 2.15. The van der Waals surface area contributed by atoms with Gasteiger partial charge < -0.3 is 15.5 Å². The smallest absolute Gasteiger partial charge is 0.241 e. The van der Waals surface area contributed by atoms with Crippen molar-refractivity contribution in [1.82, 2.24) is 9.88 Å². The Bertz CT molecular complexity index is 392. The van der Waals surface area contributed by atoms with Crippen molar-refractivity contribution in [2.75, 3.05) is 32.1 Å². The summed E-state index contributed by atoms with van der Waals surface area (Å²) in [5.74, 6) is 0.883. The monoisotopic (exact) mass is 250 g/mol. The summed E-state index contributed by atoms with van der Waals surface area (Å²) in [4.78, 5) is 19.8. The van der Waals surface area contributed by atoms with Gasteiger partial charge in [-0.1, -0.05) is 13.0 Å². The number of pyridine rings is 1. The summed E-state index contributed by atoms with van der Waals surface area (Å²) in [6, 6.07) is 3.81. The number of carbonyl (C=O) groups excluding carboxylic acids is 1. The lowest BCUT2D eigenvalue weighted by Gasteiger charge is -2.25. The molecule has 0 atom stereocenters. The Labute approximate surface area is 109 Å². The lowest BCUT2D eigenvalue weighted by Crippen LogP contribution is -2.38. The van der Waals surface area contributed by atoms with E-state index in [1.54, 1.807) is 25.2 Å². The zero-order valence-corrected chi connectivity index (χ0v) is 11.4. The molecule has 0 fully saturated rings. The molecular formula is C13H22N4O. The minimum atomic E-state index is 0.0667. The van der Waals surface area contributed by atoms with Gasteiger partial charge in [0, 0.05) is 38.9 Å². The molecule has 0 aliphatic carbocycles. The topological polar surface area (TPSA) is 62.5 Å². The number of aromatic nitrogens is 1. The van der Waals surface area contributed by atoms with Crippen LogP contribution < -0.4 is 10.6 Å². The number of nitrogens with zero attached hydrogens (tertiary/aromatic N) is 3.